The Morgan fingerprint density at radius 3 is 2.73 bits per heavy atom. The largest absolute Gasteiger partial charge is 0.296 e. The highest BCUT2D eigenvalue weighted by Crippen LogP contribution is 2.23. The molecule has 1 aromatic heterocycles. The number of halogens is 2. The molecule has 0 unspecified atom stereocenters. The molecule has 4 nitrogen and oxygen atoms in total. The molecule has 2 aromatic carbocycles. The Bertz CT molecular complexity index is 832. The number of carbonyl (C=O) groups excluding carboxylic acids is 1. The Kier molecular flexibility index (Phi) is 3.98. The minimum atomic E-state index is -0.384. The van der Waals surface area contributed by atoms with E-state index in [0.29, 0.717) is 29.1 Å². The summed E-state index contributed by atoms with van der Waals surface area (Å²) in [7, 11) is 0. The van der Waals surface area contributed by atoms with Crippen molar-refractivity contribution in [2.24, 2.45) is 0 Å². The number of nitrogens with zero attached hydrogens (tertiary/aromatic N) is 3. The van der Waals surface area contributed by atoms with Crippen molar-refractivity contribution in [3.05, 3.63) is 70.6 Å². The van der Waals surface area contributed by atoms with Gasteiger partial charge in [0.05, 0.1) is 12.2 Å². The number of benzene rings is 2. The molecule has 22 heavy (non-hydrogen) atoms. The molecule has 6 heteroatoms. The fourth-order valence-corrected chi connectivity index (χ4v) is 2.47. The van der Waals surface area contributed by atoms with Crippen molar-refractivity contribution in [2.75, 3.05) is 0 Å². The minimum absolute atomic E-state index is 0.174. The van der Waals surface area contributed by atoms with Gasteiger partial charge >= 0.3 is 0 Å². The molecule has 0 bridgehead atoms. The molecule has 0 aliphatic carbocycles. The second kappa shape index (κ2) is 6.07. The molecule has 0 saturated heterocycles. The number of aromatic nitrogens is 3. The zero-order chi connectivity index (χ0) is 15.5. The lowest BCUT2D eigenvalue weighted by molar-refractivity contribution is 0.111. The Balaban J connectivity index is 2.06. The molecule has 0 fully saturated rings. The Hall–Kier alpha value is -2.53. The molecule has 0 aliphatic heterocycles. The van der Waals surface area contributed by atoms with Crippen LogP contribution in [0.3, 0.4) is 0 Å². The van der Waals surface area contributed by atoms with E-state index in [-0.39, 0.29) is 11.5 Å². The summed E-state index contributed by atoms with van der Waals surface area (Å²) >= 11 is 5.97. The maximum Gasteiger partial charge on any atom is 0.172 e. The zero-order valence-corrected chi connectivity index (χ0v) is 12.2. The predicted molar refractivity (Wildman–Crippen MR) is 81.4 cm³/mol. The van der Waals surface area contributed by atoms with Gasteiger partial charge in [0.15, 0.2) is 12.0 Å². The number of hydrogen-bond donors (Lipinski definition) is 0. The molecule has 0 saturated carbocycles. The monoisotopic (exact) mass is 315 g/mol. The smallest absolute Gasteiger partial charge is 0.172 e. The van der Waals surface area contributed by atoms with Gasteiger partial charge in [0, 0.05) is 10.6 Å². The molecule has 0 N–H and O–H groups in total. The van der Waals surface area contributed by atoms with Gasteiger partial charge in [-0.3, -0.25) is 4.79 Å². The van der Waals surface area contributed by atoms with Crippen LogP contribution in [0, 0.1) is 5.82 Å². The standard InChI is InChI=1S/C16H11ClFN3O/c17-13-5-1-3-11(7-13)9-21-16(15(10-22)19-20-21)12-4-2-6-14(18)8-12/h1-8,10H,9H2. The number of aldehydes is 1. The first-order chi connectivity index (χ1) is 10.7. The van der Waals surface area contributed by atoms with Gasteiger partial charge in [0.25, 0.3) is 0 Å². The van der Waals surface area contributed by atoms with E-state index < -0.39 is 0 Å². The summed E-state index contributed by atoms with van der Waals surface area (Å²) in [6.07, 6.45) is 0.613. The predicted octanol–water partition coefficient (Wildman–Crippen LogP) is 3.60. The van der Waals surface area contributed by atoms with E-state index in [1.165, 1.54) is 12.1 Å². The first kappa shape index (κ1) is 14.4. The molecular weight excluding hydrogens is 305 g/mol. The van der Waals surface area contributed by atoms with Crippen LogP contribution < -0.4 is 0 Å². The summed E-state index contributed by atoms with van der Waals surface area (Å²) in [5.74, 6) is -0.384. The molecule has 0 amide bonds. The third-order valence-corrected chi connectivity index (χ3v) is 3.43. The highest BCUT2D eigenvalue weighted by Gasteiger charge is 2.15. The summed E-state index contributed by atoms with van der Waals surface area (Å²) in [6, 6.07) is 13.3. The summed E-state index contributed by atoms with van der Waals surface area (Å²) < 4.78 is 15.0. The fraction of sp³-hybridized carbons (Fsp3) is 0.0625. The van der Waals surface area contributed by atoms with Crippen LogP contribution in [0.25, 0.3) is 11.3 Å². The van der Waals surface area contributed by atoms with Gasteiger partial charge < -0.3 is 0 Å². The van der Waals surface area contributed by atoms with Crippen LogP contribution in [0.2, 0.25) is 5.02 Å². The SMILES string of the molecule is O=Cc1nnn(Cc2cccc(Cl)c2)c1-c1cccc(F)c1. The molecule has 1 heterocycles. The average Bonchev–Trinajstić information content (AvgIpc) is 2.90. The third-order valence-electron chi connectivity index (χ3n) is 3.19. The van der Waals surface area contributed by atoms with Crippen LogP contribution in [-0.2, 0) is 6.54 Å². The van der Waals surface area contributed by atoms with E-state index in [4.69, 9.17) is 11.6 Å². The van der Waals surface area contributed by atoms with Crippen LogP contribution in [0.4, 0.5) is 4.39 Å². The number of hydrogen-bond acceptors (Lipinski definition) is 3. The first-order valence-corrected chi connectivity index (χ1v) is 6.94. The van der Waals surface area contributed by atoms with E-state index in [1.54, 1.807) is 28.9 Å². The molecular formula is C16H11ClFN3O. The second-order valence-corrected chi connectivity index (χ2v) is 5.18. The molecule has 0 spiro atoms. The van der Waals surface area contributed by atoms with Crippen molar-refractivity contribution in [1.82, 2.24) is 15.0 Å². The van der Waals surface area contributed by atoms with E-state index in [9.17, 15) is 9.18 Å². The summed E-state index contributed by atoms with van der Waals surface area (Å²) in [6.45, 7) is 0.382. The van der Waals surface area contributed by atoms with E-state index in [1.807, 2.05) is 12.1 Å². The quantitative estimate of drug-likeness (QED) is 0.691. The number of carbonyl (C=O) groups is 1. The van der Waals surface area contributed by atoms with Crippen LogP contribution in [0.5, 0.6) is 0 Å². The summed E-state index contributed by atoms with van der Waals surface area (Å²) in [5.41, 5.74) is 2.11. The van der Waals surface area contributed by atoms with E-state index >= 15 is 0 Å². The van der Waals surface area contributed by atoms with Gasteiger partial charge in [-0.15, -0.1) is 5.10 Å². The Labute approximate surface area is 131 Å². The van der Waals surface area contributed by atoms with Crippen molar-refractivity contribution in [2.45, 2.75) is 6.54 Å². The van der Waals surface area contributed by atoms with Crippen molar-refractivity contribution in [3.63, 3.8) is 0 Å². The van der Waals surface area contributed by atoms with E-state index in [0.717, 1.165) is 5.56 Å². The first-order valence-electron chi connectivity index (χ1n) is 6.56. The Morgan fingerprint density at radius 1 is 1.18 bits per heavy atom. The van der Waals surface area contributed by atoms with Crippen LogP contribution in [-0.4, -0.2) is 21.3 Å². The van der Waals surface area contributed by atoms with Crippen LogP contribution in [0.1, 0.15) is 16.1 Å². The molecule has 3 aromatic rings. The van der Waals surface area contributed by atoms with E-state index in [2.05, 4.69) is 10.3 Å². The van der Waals surface area contributed by atoms with Gasteiger partial charge in [-0.2, -0.15) is 0 Å². The van der Waals surface area contributed by atoms with Crippen molar-refractivity contribution in [1.29, 1.82) is 0 Å². The van der Waals surface area contributed by atoms with Gasteiger partial charge in [0.2, 0.25) is 0 Å². The fourth-order valence-electron chi connectivity index (χ4n) is 2.26. The lowest BCUT2D eigenvalue weighted by Gasteiger charge is -2.08. The molecule has 3 rings (SSSR count). The van der Waals surface area contributed by atoms with Gasteiger partial charge in [-0.1, -0.05) is 41.1 Å². The molecule has 0 aliphatic rings. The van der Waals surface area contributed by atoms with Crippen molar-refractivity contribution >= 4 is 17.9 Å². The van der Waals surface area contributed by atoms with Gasteiger partial charge in [-0.25, -0.2) is 9.07 Å². The lowest BCUT2D eigenvalue weighted by atomic mass is 10.1. The highest BCUT2D eigenvalue weighted by molar-refractivity contribution is 6.30. The topological polar surface area (TPSA) is 47.8 Å². The third kappa shape index (κ3) is 2.89. The summed E-state index contributed by atoms with van der Waals surface area (Å²) in [4.78, 5) is 11.2. The molecule has 0 atom stereocenters. The van der Waals surface area contributed by atoms with Crippen LogP contribution >= 0.6 is 11.6 Å². The molecule has 0 radical (unpaired) electrons. The second-order valence-electron chi connectivity index (χ2n) is 4.74. The van der Waals surface area contributed by atoms with Crippen molar-refractivity contribution < 1.29 is 9.18 Å². The van der Waals surface area contributed by atoms with Crippen LogP contribution in [0.15, 0.2) is 48.5 Å². The maximum absolute atomic E-state index is 13.5. The Morgan fingerprint density at radius 2 is 2.00 bits per heavy atom. The minimum Gasteiger partial charge on any atom is -0.296 e. The normalized spacial score (nSPS) is 10.6. The highest BCUT2D eigenvalue weighted by atomic mass is 35.5. The maximum atomic E-state index is 13.5. The van der Waals surface area contributed by atoms with Gasteiger partial charge in [0.1, 0.15) is 5.82 Å². The molecule has 110 valence electrons. The average molecular weight is 316 g/mol. The van der Waals surface area contributed by atoms with Gasteiger partial charge in [-0.05, 0) is 29.8 Å². The summed E-state index contributed by atoms with van der Waals surface area (Å²) in [5, 5.41) is 8.45. The lowest BCUT2D eigenvalue weighted by Crippen LogP contribution is -2.04. The number of rotatable bonds is 4. The van der Waals surface area contributed by atoms with Crippen molar-refractivity contribution in [3.8, 4) is 11.3 Å². The zero-order valence-electron chi connectivity index (χ0n) is 11.4.